The number of fused-ring (bicyclic) bond motifs is 2. The monoisotopic (exact) mass is 612 g/mol. The fraction of sp³-hybridized carbons (Fsp3) is 0.529. The second-order valence-electron chi connectivity index (χ2n) is 14.1. The molecule has 2 N–H and O–H groups in total. The van der Waals surface area contributed by atoms with Gasteiger partial charge in [-0.3, -0.25) is 38.9 Å². The minimum atomic E-state index is -1.01. The number of benzene rings is 1. The van der Waals surface area contributed by atoms with Crippen molar-refractivity contribution in [2.45, 2.75) is 84.5 Å². The number of likely N-dealkylation sites (tertiary alicyclic amines) is 1. The van der Waals surface area contributed by atoms with Gasteiger partial charge in [0.1, 0.15) is 6.04 Å². The van der Waals surface area contributed by atoms with Gasteiger partial charge in [0.15, 0.2) is 0 Å². The summed E-state index contributed by atoms with van der Waals surface area (Å²) in [5.74, 6) is -0.727. The van der Waals surface area contributed by atoms with Gasteiger partial charge in [-0.25, -0.2) is 0 Å². The maximum atomic E-state index is 14.0. The molecule has 5 amide bonds. The van der Waals surface area contributed by atoms with Gasteiger partial charge in [0, 0.05) is 42.5 Å². The zero-order valence-electron chi connectivity index (χ0n) is 26.4. The molecule has 7 rings (SSSR count). The van der Waals surface area contributed by atoms with E-state index in [4.69, 9.17) is 0 Å². The highest BCUT2D eigenvalue weighted by Crippen LogP contribution is 2.67. The number of aromatic nitrogens is 2. The molecule has 0 bridgehead atoms. The van der Waals surface area contributed by atoms with Gasteiger partial charge >= 0.3 is 0 Å². The smallest absolute Gasteiger partial charge is 0.264 e. The Balaban J connectivity index is 1.02. The van der Waals surface area contributed by atoms with Gasteiger partial charge in [-0.05, 0) is 63.0 Å². The van der Waals surface area contributed by atoms with Gasteiger partial charge < -0.3 is 10.2 Å². The molecule has 5 aliphatic rings. The number of hydrogen-bond acceptors (Lipinski definition) is 7. The fourth-order valence-electron chi connectivity index (χ4n) is 8.71. The van der Waals surface area contributed by atoms with Crippen molar-refractivity contribution in [2.24, 2.45) is 23.2 Å². The van der Waals surface area contributed by atoms with E-state index in [0.717, 1.165) is 23.3 Å². The summed E-state index contributed by atoms with van der Waals surface area (Å²) in [7, 11) is 0. The van der Waals surface area contributed by atoms with Crippen LogP contribution in [-0.2, 0) is 20.9 Å². The molecule has 1 saturated carbocycles. The number of carbonyl (C=O) groups is 5. The van der Waals surface area contributed by atoms with E-state index in [1.165, 1.54) is 5.57 Å². The van der Waals surface area contributed by atoms with E-state index in [0.29, 0.717) is 30.6 Å². The Kier molecular flexibility index (Phi) is 6.62. The van der Waals surface area contributed by atoms with Crippen molar-refractivity contribution in [1.29, 1.82) is 0 Å². The molecular formula is C34H40N6O5. The van der Waals surface area contributed by atoms with Crippen molar-refractivity contribution in [3.05, 3.63) is 58.9 Å². The maximum Gasteiger partial charge on any atom is 0.264 e. The number of imide groups is 2. The van der Waals surface area contributed by atoms with Crippen molar-refractivity contribution >= 4 is 35.2 Å². The number of hydrogen-bond donors (Lipinski definition) is 2. The third-order valence-corrected chi connectivity index (χ3v) is 11.3. The Morgan fingerprint density at radius 2 is 1.87 bits per heavy atom. The van der Waals surface area contributed by atoms with Crippen LogP contribution in [0, 0.1) is 23.2 Å². The van der Waals surface area contributed by atoms with Crippen LogP contribution in [0.4, 0.5) is 5.69 Å². The van der Waals surface area contributed by atoms with E-state index in [9.17, 15) is 24.0 Å². The Labute approximate surface area is 262 Å². The van der Waals surface area contributed by atoms with Crippen LogP contribution >= 0.6 is 0 Å². The van der Waals surface area contributed by atoms with E-state index >= 15 is 0 Å². The van der Waals surface area contributed by atoms with Gasteiger partial charge in [0.25, 0.3) is 11.8 Å². The molecule has 6 atom stereocenters. The molecule has 2 aromatic rings. The van der Waals surface area contributed by atoms with Crippen LogP contribution in [0.3, 0.4) is 0 Å². The molecule has 3 fully saturated rings. The average molecular weight is 613 g/mol. The molecular weight excluding hydrogens is 572 g/mol. The molecule has 236 valence electrons. The molecule has 0 spiro atoms. The minimum Gasteiger partial charge on any atom is -0.380 e. The van der Waals surface area contributed by atoms with Gasteiger partial charge in [-0.1, -0.05) is 38.5 Å². The van der Waals surface area contributed by atoms with Crippen LogP contribution in [0.2, 0.25) is 0 Å². The first kappa shape index (κ1) is 29.4. The Morgan fingerprint density at radius 3 is 2.56 bits per heavy atom. The first-order valence-corrected chi connectivity index (χ1v) is 16.0. The first-order chi connectivity index (χ1) is 21.4. The van der Waals surface area contributed by atoms with Crippen LogP contribution in [0.15, 0.2) is 42.2 Å². The Morgan fingerprint density at radius 1 is 1.09 bits per heavy atom. The summed E-state index contributed by atoms with van der Waals surface area (Å²) in [6.45, 7) is 12.0. The van der Waals surface area contributed by atoms with Gasteiger partial charge in [0.2, 0.25) is 17.7 Å². The third-order valence-electron chi connectivity index (χ3n) is 11.3. The quantitative estimate of drug-likeness (QED) is 0.376. The zero-order valence-corrected chi connectivity index (χ0v) is 26.4. The summed E-state index contributed by atoms with van der Waals surface area (Å²) < 4.78 is 1.99. The maximum absolute atomic E-state index is 14.0. The molecule has 1 aromatic heterocycles. The highest BCUT2D eigenvalue weighted by atomic mass is 16.2. The third kappa shape index (κ3) is 4.15. The van der Waals surface area contributed by atoms with Crippen molar-refractivity contribution < 1.29 is 24.0 Å². The lowest BCUT2D eigenvalue weighted by Crippen LogP contribution is -2.68. The van der Waals surface area contributed by atoms with Crippen LogP contribution in [-0.4, -0.2) is 67.2 Å². The molecule has 2 aliphatic carbocycles. The first-order valence-electron chi connectivity index (χ1n) is 16.0. The second-order valence-corrected chi connectivity index (χ2v) is 14.1. The number of rotatable bonds is 6. The predicted octanol–water partition coefficient (Wildman–Crippen LogP) is 3.69. The number of nitrogens with zero attached hydrogens (tertiary/aromatic N) is 4. The lowest BCUT2D eigenvalue weighted by molar-refractivity contribution is -0.165. The van der Waals surface area contributed by atoms with Crippen LogP contribution < -0.4 is 10.6 Å². The zero-order chi connectivity index (χ0) is 32.0. The summed E-state index contributed by atoms with van der Waals surface area (Å²) >= 11 is 0. The highest BCUT2D eigenvalue weighted by Gasteiger charge is 2.67. The highest BCUT2D eigenvalue weighted by molar-refractivity contribution is 6.25. The Bertz CT molecular complexity index is 1690. The van der Waals surface area contributed by atoms with Crippen molar-refractivity contribution in [3.63, 3.8) is 0 Å². The van der Waals surface area contributed by atoms with Gasteiger partial charge in [0.05, 0.1) is 28.8 Å². The van der Waals surface area contributed by atoms with Crippen molar-refractivity contribution in [2.75, 3.05) is 11.9 Å². The van der Waals surface area contributed by atoms with Crippen molar-refractivity contribution in [1.82, 2.24) is 24.9 Å². The lowest BCUT2D eigenvalue weighted by Gasteiger charge is -2.65. The molecule has 11 heteroatoms. The van der Waals surface area contributed by atoms with E-state index in [2.05, 4.69) is 61.3 Å². The molecule has 11 nitrogen and oxygen atoms in total. The summed E-state index contributed by atoms with van der Waals surface area (Å²) in [5.41, 5.74) is 2.56. The summed E-state index contributed by atoms with van der Waals surface area (Å²) in [6, 6.07) is 4.16. The minimum absolute atomic E-state index is 0.0716. The van der Waals surface area contributed by atoms with E-state index in [1.54, 1.807) is 24.4 Å². The molecule has 5 unspecified atom stereocenters. The predicted molar refractivity (Wildman–Crippen MR) is 165 cm³/mol. The number of carbonyl (C=O) groups excluding carboxylic acids is 5. The molecule has 4 heterocycles. The van der Waals surface area contributed by atoms with E-state index < -0.39 is 29.7 Å². The van der Waals surface area contributed by atoms with Gasteiger partial charge in [-0.2, -0.15) is 5.10 Å². The fourth-order valence-corrected chi connectivity index (χ4v) is 8.71. The standard InChI is InChI=1S/C34H40N6O5/c1-18-13-24-19(2)20(3)34(18,24)32(45)38-12-11-22(14-33(38,4)5)39-17-21(16-36-39)15-35-25-8-6-7-23-28(25)31(44)40(30(23)43)26-9-10-27(41)37-29(26)42/h6-8,13,16-20,22,26,35H,9-12,14-15H2,1-5H3,(H,37,41,42)/t18?,19?,20?,22-,26?,34?/m1/s1. The Hall–Kier alpha value is -4.28. The van der Waals surface area contributed by atoms with Crippen LogP contribution in [0.5, 0.6) is 0 Å². The van der Waals surface area contributed by atoms with Gasteiger partial charge in [-0.15, -0.1) is 0 Å². The molecule has 45 heavy (non-hydrogen) atoms. The molecule has 0 radical (unpaired) electrons. The molecule has 3 aliphatic heterocycles. The number of nitrogens with one attached hydrogen (secondary N) is 2. The van der Waals surface area contributed by atoms with E-state index in [1.807, 2.05) is 10.9 Å². The molecule has 2 saturated heterocycles. The molecule has 1 aromatic carbocycles. The number of allylic oxidation sites excluding steroid dienone is 1. The van der Waals surface area contributed by atoms with Crippen molar-refractivity contribution in [3.8, 4) is 0 Å². The summed E-state index contributed by atoms with van der Waals surface area (Å²) in [6.07, 6.45) is 7.87. The summed E-state index contributed by atoms with van der Waals surface area (Å²) in [4.78, 5) is 67.8. The summed E-state index contributed by atoms with van der Waals surface area (Å²) in [5, 5.41) is 10.2. The topological polar surface area (TPSA) is 134 Å². The SMILES string of the molecule is CC1C2=CC(C)C2(C(=O)N2CC[C@@H](n3cc(CNc4cccc5c4C(=O)N(C4CCC(=O)NC4=O)C5=O)cn3)CC2(C)C)C1C. The lowest BCUT2D eigenvalue weighted by atomic mass is 9.40. The van der Waals surface area contributed by atoms with E-state index in [-0.39, 0.29) is 52.8 Å². The number of anilines is 1. The van der Waals surface area contributed by atoms with Crippen LogP contribution in [0.1, 0.15) is 92.6 Å². The normalized spacial score (nSPS) is 31.8. The number of amides is 5. The van der Waals surface area contributed by atoms with Crippen LogP contribution in [0.25, 0.3) is 0 Å². The number of piperidine rings is 2. The average Bonchev–Trinajstić information content (AvgIpc) is 3.57. The second kappa shape index (κ2) is 10.1. The largest absolute Gasteiger partial charge is 0.380 e.